The van der Waals surface area contributed by atoms with Gasteiger partial charge in [0.25, 0.3) is 6.43 Å². The molecule has 1 fully saturated rings. The molecule has 0 saturated carbocycles. The molecule has 0 amide bonds. The van der Waals surface area contributed by atoms with E-state index >= 15 is 0 Å². The second-order valence-corrected chi connectivity index (χ2v) is 5.04. The van der Waals surface area contributed by atoms with Crippen LogP contribution in [0.3, 0.4) is 0 Å². The van der Waals surface area contributed by atoms with E-state index < -0.39 is 6.43 Å². The minimum atomic E-state index is -2.25. The summed E-state index contributed by atoms with van der Waals surface area (Å²) in [5.41, 5.74) is 5.35. The number of hydrogen-bond acceptors (Lipinski definition) is 3. The molecule has 0 radical (unpaired) electrons. The molecule has 0 aromatic heterocycles. The monoisotopic (exact) mass is 251 g/mol. The van der Waals surface area contributed by atoms with Crippen molar-refractivity contribution in [3.63, 3.8) is 0 Å². The lowest BCUT2D eigenvalue weighted by atomic mass is 10.0. The highest BCUT2D eigenvalue weighted by atomic mass is 32.1. The lowest BCUT2D eigenvalue weighted by molar-refractivity contribution is 0.0389. The largest absolute Gasteiger partial charge is 0.392 e. The van der Waals surface area contributed by atoms with Crippen LogP contribution in [0, 0.1) is 0 Å². The third-order valence-electron chi connectivity index (χ3n) is 3.16. The van der Waals surface area contributed by atoms with Crippen LogP contribution in [0.5, 0.6) is 0 Å². The van der Waals surface area contributed by atoms with Gasteiger partial charge in [-0.05, 0) is 13.8 Å². The Morgan fingerprint density at radius 3 is 2.19 bits per heavy atom. The molecule has 0 spiro atoms. The fourth-order valence-corrected chi connectivity index (χ4v) is 1.97. The molecule has 0 unspecified atom stereocenters. The number of nitrogens with two attached hydrogens (primary N) is 1. The van der Waals surface area contributed by atoms with Gasteiger partial charge in [0.2, 0.25) is 0 Å². The van der Waals surface area contributed by atoms with Crippen molar-refractivity contribution in [1.29, 1.82) is 0 Å². The van der Waals surface area contributed by atoms with E-state index in [-0.39, 0.29) is 12.1 Å². The third kappa shape index (κ3) is 3.33. The molecule has 3 nitrogen and oxygen atoms in total. The Kier molecular flexibility index (Phi) is 4.58. The molecule has 0 aromatic rings. The number of piperazine rings is 1. The number of thiocarbonyl (C=S) groups is 1. The zero-order valence-corrected chi connectivity index (χ0v) is 10.6. The molecule has 0 aliphatic carbocycles. The quantitative estimate of drug-likeness (QED) is 0.754. The van der Waals surface area contributed by atoms with E-state index in [1.54, 1.807) is 4.90 Å². The summed E-state index contributed by atoms with van der Waals surface area (Å²) in [5, 5.41) is 0. The van der Waals surface area contributed by atoms with Gasteiger partial charge in [-0.2, -0.15) is 0 Å². The van der Waals surface area contributed by atoms with Crippen LogP contribution in [0.4, 0.5) is 8.78 Å². The van der Waals surface area contributed by atoms with Crippen molar-refractivity contribution in [2.75, 3.05) is 32.7 Å². The zero-order chi connectivity index (χ0) is 12.3. The van der Waals surface area contributed by atoms with E-state index in [0.717, 1.165) is 13.1 Å². The van der Waals surface area contributed by atoms with Gasteiger partial charge in [0.05, 0.1) is 17.1 Å². The van der Waals surface area contributed by atoms with Gasteiger partial charge in [0.1, 0.15) is 0 Å². The number of rotatable bonds is 4. The fourth-order valence-electron chi connectivity index (χ4n) is 1.84. The lowest BCUT2D eigenvalue weighted by Crippen LogP contribution is -2.59. The van der Waals surface area contributed by atoms with E-state index in [1.807, 2.05) is 13.8 Å². The highest BCUT2D eigenvalue weighted by Crippen LogP contribution is 2.17. The molecule has 2 N–H and O–H groups in total. The summed E-state index contributed by atoms with van der Waals surface area (Å²) in [6, 6.07) is 0. The second kappa shape index (κ2) is 5.33. The predicted octanol–water partition coefficient (Wildman–Crippen LogP) is 0.934. The minimum absolute atomic E-state index is 0.138. The first-order valence-corrected chi connectivity index (χ1v) is 5.80. The van der Waals surface area contributed by atoms with E-state index in [4.69, 9.17) is 18.0 Å². The van der Waals surface area contributed by atoms with E-state index in [9.17, 15) is 8.78 Å². The van der Waals surface area contributed by atoms with E-state index in [1.165, 1.54) is 0 Å². The van der Waals surface area contributed by atoms with Crippen molar-refractivity contribution in [3.8, 4) is 0 Å². The van der Waals surface area contributed by atoms with Crippen LogP contribution in [-0.4, -0.2) is 59.5 Å². The van der Waals surface area contributed by atoms with Gasteiger partial charge in [0.15, 0.2) is 0 Å². The topological polar surface area (TPSA) is 32.5 Å². The summed E-state index contributed by atoms with van der Waals surface area (Å²) in [5.74, 6) is 0. The highest BCUT2D eigenvalue weighted by molar-refractivity contribution is 7.80. The Balaban J connectivity index is 2.46. The molecule has 1 saturated heterocycles. The van der Waals surface area contributed by atoms with Gasteiger partial charge in [-0.25, -0.2) is 8.78 Å². The van der Waals surface area contributed by atoms with Gasteiger partial charge in [-0.1, -0.05) is 12.2 Å². The molecule has 94 valence electrons. The van der Waals surface area contributed by atoms with Crippen molar-refractivity contribution < 1.29 is 8.78 Å². The SMILES string of the molecule is CC(C)(C(N)=S)N1CCN(CC(F)F)CC1. The number of halogens is 2. The van der Waals surface area contributed by atoms with Crippen molar-refractivity contribution in [2.24, 2.45) is 5.73 Å². The first-order chi connectivity index (χ1) is 7.34. The molecule has 16 heavy (non-hydrogen) atoms. The summed E-state index contributed by atoms with van der Waals surface area (Å²) in [6.07, 6.45) is -2.25. The van der Waals surface area contributed by atoms with Crippen molar-refractivity contribution >= 4 is 17.2 Å². The van der Waals surface area contributed by atoms with Crippen LogP contribution in [0.25, 0.3) is 0 Å². The van der Waals surface area contributed by atoms with Gasteiger partial charge >= 0.3 is 0 Å². The van der Waals surface area contributed by atoms with Gasteiger partial charge in [0, 0.05) is 26.2 Å². The maximum atomic E-state index is 12.2. The van der Waals surface area contributed by atoms with Crippen molar-refractivity contribution in [2.45, 2.75) is 25.8 Å². The van der Waals surface area contributed by atoms with E-state index in [0.29, 0.717) is 18.1 Å². The van der Waals surface area contributed by atoms with E-state index in [2.05, 4.69) is 4.90 Å². The van der Waals surface area contributed by atoms with Crippen LogP contribution in [0.2, 0.25) is 0 Å². The summed E-state index contributed by atoms with van der Waals surface area (Å²) in [7, 11) is 0. The Hall–Kier alpha value is -0.330. The van der Waals surface area contributed by atoms with Gasteiger partial charge in [-0.3, -0.25) is 9.80 Å². The Labute approximate surface area is 101 Å². The molecule has 6 heteroatoms. The second-order valence-electron chi connectivity index (χ2n) is 4.60. The van der Waals surface area contributed by atoms with Crippen LogP contribution in [0.1, 0.15) is 13.8 Å². The standard InChI is InChI=1S/C10H19F2N3S/c1-10(2,9(13)16)15-5-3-14(4-6-15)7-8(11)12/h8H,3-7H2,1-2H3,(H2,13,16). The minimum Gasteiger partial charge on any atom is -0.392 e. The average Bonchev–Trinajstić information content (AvgIpc) is 2.17. The summed E-state index contributed by atoms with van der Waals surface area (Å²) in [4.78, 5) is 4.38. The summed E-state index contributed by atoms with van der Waals surface area (Å²) in [6.45, 7) is 6.57. The van der Waals surface area contributed by atoms with Crippen LogP contribution >= 0.6 is 12.2 Å². The Morgan fingerprint density at radius 1 is 1.31 bits per heavy atom. The number of nitrogens with zero attached hydrogens (tertiary/aromatic N) is 2. The first-order valence-electron chi connectivity index (χ1n) is 5.39. The molecule has 0 atom stereocenters. The smallest absolute Gasteiger partial charge is 0.251 e. The molecule has 1 aliphatic heterocycles. The lowest BCUT2D eigenvalue weighted by Gasteiger charge is -2.43. The highest BCUT2D eigenvalue weighted by Gasteiger charge is 2.32. The molecule has 1 rings (SSSR count). The molecule has 0 aromatic carbocycles. The molecular weight excluding hydrogens is 232 g/mol. The summed E-state index contributed by atoms with van der Waals surface area (Å²) >= 11 is 5.01. The predicted molar refractivity (Wildman–Crippen MR) is 64.9 cm³/mol. The molecular formula is C10H19F2N3S. The third-order valence-corrected chi connectivity index (χ3v) is 3.66. The van der Waals surface area contributed by atoms with Crippen LogP contribution in [0.15, 0.2) is 0 Å². The van der Waals surface area contributed by atoms with Crippen molar-refractivity contribution in [3.05, 3.63) is 0 Å². The molecule has 1 aliphatic rings. The van der Waals surface area contributed by atoms with Crippen LogP contribution in [-0.2, 0) is 0 Å². The first kappa shape index (κ1) is 13.7. The normalized spacial score (nSPS) is 20.3. The van der Waals surface area contributed by atoms with Gasteiger partial charge in [-0.15, -0.1) is 0 Å². The summed E-state index contributed by atoms with van der Waals surface area (Å²) < 4.78 is 24.4. The Bertz CT molecular complexity index is 250. The Morgan fingerprint density at radius 2 is 1.81 bits per heavy atom. The fraction of sp³-hybridized carbons (Fsp3) is 0.900. The maximum absolute atomic E-state index is 12.2. The molecule has 0 bridgehead atoms. The maximum Gasteiger partial charge on any atom is 0.251 e. The van der Waals surface area contributed by atoms with Crippen molar-refractivity contribution in [1.82, 2.24) is 9.80 Å². The number of alkyl halides is 2. The number of hydrogen-bond donors (Lipinski definition) is 1. The van der Waals surface area contributed by atoms with Gasteiger partial charge < -0.3 is 5.73 Å². The average molecular weight is 251 g/mol. The molecule has 1 heterocycles. The zero-order valence-electron chi connectivity index (χ0n) is 9.75. The van der Waals surface area contributed by atoms with Crippen LogP contribution < -0.4 is 5.73 Å².